The van der Waals surface area contributed by atoms with Gasteiger partial charge in [-0.2, -0.15) is 0 Å². The van der Waals surface area contributed by atoms with Crippen LogP contribution in [0.4, 0.5) is 0 Å². The second-order valence-electron chi connectivity index (χ2n) is 5.91. The van der Waals surface area contributed by atoms with Gasteiger partial charge in [0.2, 0.25) is 0 Å². The van der Waals surface area contributed by atoms with Crippen molar-refractivity contribution in [3.8, 4) is 5.75 Å². The molecule has 20 heavy (non-hydrogen) atoms. The highest BCUT2D eigenvalue weighted by molar-refractivity contribution is 5.38. The number of hydrogen-bond donors (Lipinski definition) is 1. The quantitative estimate of drug-likeness (QED) is 0.699. The fourth-order valence-electron chi connectivity index (χ4n) is 3.10. The Morgan fingerprint density at radius 1 is 1.15 bits per heavy atom. The number of ether oxygens (including phenoxy) is 1. The fraction of sp³-hybridized carbons (Fsp3) is 0.667. The molecular formula is C18H28O2. The number of para-hydroxylation sites is 1. The van der Waals surface area contributed by atoms with Gasteiger partial charge in [0.25, 0.3) is 0 Å². The van der Waals surface area contributed by atoms with Crippen molar-refractivity contribution in [1.82, 2.24) is 0 Å². The van der Waals surface area contributed by atoms with E-state index in [0.717, 1.165) is 31.6 Å². The van der Waals surface area contributed by atoms with Gasteiger partial charge in [-0.3, -0.25) is 0 Å². The van der Waals surface area contributed by atoms with E-state index < -0.39 is 0 Å². The Labute approximate surface area is 123 Å². The van der Waals surface area contributed by atoms with E-state index >= 15 is 0 Å². The van der Waals surface area contributed by atoms with Crippen LogP contribution in [0.2, 0.25) is 0 Å². The minimum atomic E-state index is -0.216. The first-order valence-electron chi connectivity index (χ1n) is 8.22. The second-order valence-corrected chi connectivity index (χ2v) is 5.91. The molecule has 1 aromatic rings. The van der Waals surface area contributed by atoms with Crippen LogP contribution >= 0.6 is 0 Å². The summed E-state index contributed by atoms with van der Waals surface area (Å²) in [5.74, 6) is 1.22. The van der Waals surface area contributed by atoms with Crippen molar-refractivity contribution in [3.05, 3.63) is 29.8 Å². The molecule has 2 atom stereocenters. The molecule has 1 aliphatic heterocycles. The zero-order chi connectivity index (χ0) is 14.2. The van der Waals surface area contributed by atoms with Crippen LogP contribution in [0.15, 0.2) is 24.3 Å². The van der Waals surface area contributed by atoms with Gasteiger partial charge in [-0.05, 0) is 24.5 Å². The summed E-state index contributed by atoms with van der Waals surface area (Å²) >= 11 is 0. The number of fused-ring (bicyclic) bond motifs is 1. The Balaban J connectivity index is 1.77. The lowest BCUT2D eigenvalue weighted by Crippen LogP contribution is -2.25. The third kappa shape index (κ3) is 4.24. The molecule has 1 aromatic carbocycles. The Morgan fingerprint density at radius 2 is 1.90 bits per heavy atom. The van der Waals surface area contributed by atoms with Crippen LogP contribution in [0.3, 0.4) is 0 Å². The molecule has 1 N–H and O–H groups in total. The van der Waals surface area contributed by atoms with Gasteiger partial charge >= 0.3 is 0 Å². The lowest BCUT2D eigenvalue weighted by Gasteiger charge is -2.29. The maximum atomic E-state index is 10.5. The lowest BCUT2D eigenvalue weighted by molar-refractivity contribution is 0.106. The molecule has 2 rings (SSSR count). The van der Waals surface area contributed by atoms with E-state index in [4.69, 9.17) is 4.74 Å². The van der Waals surface area contributed by atoms with Crippen molar-refractivity contribution < 1.29 is 9.84 Å². The number of aliphatic hydroxyl groups is 1. The average Bonchev–Trinajstić information content (AvgIpc) is 2.50. The van der Waals surface area contributed by atoms with E-state index in [9.17, 15) is 5.11 Å². The van der Waals surface area contributed by atoms with Crippen molar-refractivity contribution in [2.45, 2.75) is 70.3 Å². The zero-order valence-corrected chi connectivity index (χ0v) is 12.7. The molecule has 0 saturated heterocycles. The van der Waals surface area contributed by atoms with Crippen LogP contribution in [0, 0.1) is 0 Å². The normalized spacial score (nSPS) is 19.2. The first-order valence-corrected chi connectivity index (χ1v) is 8.22. The molecule has 0 aromatic heterocycles. The van der Waals surface area contributed by atoms with E-state index in [-0.39, 0.29) is 12.0 Å². The number of rotatable bonds is 8. The standard InChI is InChI=1S/C18H28O2/c1-2-3-4-5-6-7-11-17(19)15-13-14-20-18-12-9-8-10-16(15)18/h8-10,12,15,17,19H,2-7,11,13-14H2,1H3. The first kappa shape index (κ1) is 15.4. The molecule has 2 unspecified atom stereocenters. The first-order chi connectivity index (χ1) is 9.83. The second kappa shape index (κ2) is 8.31. The van der Waals surface area contributed by atoms with E-state index in [0.29, 0.717) is 0 Å². The van der Waals surface area contributed by atoms with Gasteiger partial charge in [-0.15, -0.1) is 0 Å². The summed E-state index contributed by atoms with van der Waals surface area (Å²) in [6.45, 7) is 2.97. The number of benzene rings is 1. The maximum Gasteiger partial charge on any atom is 0.122 e. The molecule has 0 radical (unpaired) electrons. The molecule has 0 spiro atoms. The lowest BCUT2D eigenvalue weighted by atomic mass is 9.86. The topological polar surface area (TPSA) is 29.5 Å². The van der Waals surface area contributed by atoms with E-state index in [1.807, 2.05) is 18.2 Å². The summed E-state index contributed by atoms with van der Waals surface area (Å²) in [5.41, 5.74) is 1.19. The molecule has 0 aliphatic carbocycles. The minimum Gasteiger partial charge on any atom is -0.493 e. The largest absolute Gasteiger partial charge is 0.493 e. The van der Waals surface area contributed by atoms with Crippen molar-refractivity contribution in [3.63, 3.8) is 0 Å². The van der Waals surface area contributed by atoms with Gasteiger partial charge in [0.15, 0.2) is 0 Å². The number of hydrogen-bond acceptors (Lipinski definition) is 2. The molecule has 112 valence electrons. The fourth-order valence-corrected chi connectivity index (χ4v) is 3.10. The predicted molar refractivity (Wildman–Crippen MR) is 83.3 cm³/mol. The van der Waals surface area contributed by atoms with Crippen molar-refractivity contribution >= 4 is 0 Å². The van der Waals surface area contributed by atoms with E-state index in [1.54, 1.807) is 0 Å². The zero-order valence-electron chi connectivity index (χ0n) is 12.7. The van der Waals surface area contributed by atoms with Crippen LogP contribution in [-0.4, -0.2) is 17.8 Å². The van der Waals surface area contributed by atoms with E-state index in [1.165, 1.54) is 37.7 Å². The minimum absolute atomic E-state index is 0.216. The molecule has 0 saturated carbocycles. The summed E-state index contributed by atoms with van der Waals surface area (Å²) in [7, 11) is 0. The molecule has 0 bridgehead atoms. The van der Waals surface area contributed by atoms with Crippen LogP contribution in [0.5, 0.6) is 5.75 Å². The Hall–Kier alpha value is -1.02. The highest BCUT2D eigenvalue weighted by atomic mass is 16.5. The maximum absolute atomic E-state index is 10.5. The molecular weight excluding hydrogens is 248 g/mol. The molecule has 1 aliphatic rings. The smallest absolute Gasteiger partial charge is 0.122 e. The monoisotopic (exact) mass is 276 g/mol. The van der Waals surface area contributed by atoms with Gasteiger partial charge in [0, 0.05) is 5.92 Å². The highest BCUT2D eigenvalue weighted by Gasteiger charge is 2.26. The SMILES string of the molecule is CCCCCCCCC(O)C1CCOc2ccccc21. The molecule has 0 amide bonds. The van der Waals surface area contributed by atoms with Crippen molar-refractivity contribution in [1.29, 1.82) is 0 Å². The molecule has 1 heterocycles. The third-order valence-electron chi connectivity index (χ3n) is 4.32. The highest BCUT2D eigenvalue weighted by Crippen LogP contribution is 2.36. The van der Waals surface area contributed by atoms with E-state index in [2.05, 4.69) is 13.0 Å². The Kier molecular flexibility index (Phi) is 6.38. The summed E-state index contributed by atoms with van der Waals surface area (Å²) in [4.78, 5) is 0. The Bertz CT molecular complexity index is 389. The number of unbranched alkanes of at least 4 members (excludes halogenated alkanes) is 5. The Morgan fingerprint density at radius 3 is 2.75 bits per heavy atom. The van der Waals surface area contributed by atoms with Crippen LogP contribution < -0.4 is 4.74 Å². The summed E-state index contributed by atoms with van der Waals surface area (Å²) in [5, 5.41) is 10.5. The van der Waals surface area contributed by atoms with Crippen molar-refractivity contribution in [2.24, 2.45) is 0 Å². The van der Waals surface area contributed by atoms with Crippen LogP contribution in [0.25, 0.3) is 0 Å². The van der Waals surface area contributed by atoms with Crippen molar-refractivity contribution in [2.75, 3.05) is 6.61 Å². The average molecular weight is 276 g/mol. The summed E-state index contributed by atoms with van der Waals surface area (Å²) in [6, 6.07) is 8.15. The third-order valence-corrected chi connectivity index (χ3v) is 4.32. The van der Waals surface area contributed by atoms with Gasteiger partial charge in [-0.25, -0.2) is 0 Å². The van der Waals surface area contributed by atoms with Gasteiger partial charge in [-0.1, -0.05) is 63.6 Å². The number of aliphatic hydroxyl groups excluding tert-OH is 1. The van der Waals surface area contributed by atoms with Gasteiger partial charge < -0.3 is 9.84 Å². The predicted octanol–water partition coefficient (Wildman–Crippen LogP) is 4.66. The van der Waals surface area contributed by atoms with Crippen LogP contribution in [0.1, 0.15) is 69.8 Å². The van der Waals surface area contributed by atoms with Gasteiger partial charge in [0.05, 0.1) is 12.7 Å². The molecule has 2 nitrogen and oxygen atoms in total. The van der Waals surface area contributed by atoms with Gasteiger partial charge in [0.1, 0.15) is 5.75 Å². The summed E-state index contributed by atoms with van der Waals surface area (Å²) < 4.78 is 5.66. The van der Waals surface area contributed by atoms with Crippen LogP contribution in [-0.2, 0) is 0 Å². The molecule has 2 heteroatoms. The summed E-state index contributed by atoms with van der Waals surface area (Å²) in [6.07, 6.45) is 9.33. The molecule has 0 fully saturated rings.